The molecular weight excluding hydrogens is 775 g/mol. The monoisotopic (exact) mass is 806 g/mol. The SMILES string of the molecule is N#Cc1cncc(COc2cc(OC3CCc4c(-c5cccc6c5CC[C@@H]6Oc5cc(OCc6cncc(C#N)c6)c(C=O)cc5Cl)cccc43)c(Cl)cc2C=O)c1. The molecule has 58 heavy (non-hydrogen) atoms. The first-order valence-electron chi connectivity index (χ1n) is 18.4. The summed E-state index contributed by atoms with van der Waals surface area (Å²) in [7, 11) is 0. The molecule has 2 atom stereocenters. The van der Waals surface area contributed by atoms with Gasteiger partial charge in [-0.25, -0.2) is 0 Å². The summed E-state index contributed by atoms with van der Waals surface area (Å²) >= 11 is 13.3. The zero-order valence-electron chi connectivity index (χ0n) is 30.8. The summed E-state index contributed by atoms with van der Waals surface area (Å²) in [6, 6.07) is 26.3. The maximum Gasteiger partial charge on any atom is 0.153 e. The molecule has 0 amide bonds. The van der Waals surface area contributed by atoms with Crippen molar-refractivity contribution in [3.8, 4) is 46.3 Å². The van der Waals surface area contributed by atoms with Crippen LogP contribution < -0.4 is 18.9 Å². The van der Waals surface area contributed by atoms with Crippen molar-refractivity contribution in [2.75, 3.05) is 0 Å². The smallest absolute Gasteiger partial charge is 0.153 e. The van der Waals surface area contributed by atoms with Crippen LogP contribution >= 0.6 is 23.2 Å². The molecule has 2 aliphatic rings. The van der Waals surface area contributed by atoms with Crippen LogP contribution in [0.4, 0.5) is 0 Å². The number of carbonyl (C=O) groups is 2. The van der Waals surface area contributed by atoms with E-state index >= 15 is 0 Å². The fraction of sp³-hybridized carbons (Fsp3) is 0.174. The Morgan fingerprint density at radius 2 is 1.07 bits per heavy atom. The third kappa shape index (κ3) is 7.81. The molecule has 12 heteroatoms. The minimum absolute atomic E-state index is 0.0980. The number of benzene rings is 4. The zero-order chi connectivity index (χ0) is 40.2. The average Bonchev–Trinajstić information content (AvgIpc) is 3.87. The number of ether oxygens (including phenoxy) is 4. The van der Waals surface area contributed by atoms with E-state index in [9.17, 15) is 20.1 Å². The Morgan fingerprint density at radius 1 is 0.621 bits per heavy atom. The molecular formula is C46H32Cl2N4O6. The molecule has 0 bridgehead atoms. The van der Waals surface area contributed by atoms with E-state index in [1.54, 1.807) is 36.7 Å². The van der Waals surface area contributed by atoms with Crippen LogP contribution in [0.2, 0.25) is 10.0 Å². The molecule has 6 aromatic rings. The van der Waals surface area contributed by atoms with E-state index in [1.165, 1.54) is 35.7 Å². The van der Waals surface area contributed by atoms with Gasteiger partial charge >= 0.3 is 0 Å². The summed E-state index contributed by atoms with van der Waals surface area (Å²) in [5.74, 6) is 1.41. The van der Waals surface area contributed by atoms with E-state index in [-0.39, 0.29) is 36.5 Å². The first-order chi connectivity index (χ1) is 28.3. The molecule has 2 aromatic heterocycles. The lowest BCUT2D eigenvalue weighted by Gasteiger charge is -2.20. The van der Waals surface area contributed by atoms with Gasteiger partial charge < -0.3 is 18.9 Å². The molecule has 0 N–H and O–H groups in total. The van der Waals surface area contributed by atoms with E-state index in [2.05, 4.69) is 46.4 Å². The van der Waals surface area contributed by atoms with Crippen molar-refractivity contribution < 1.29 is 28.5 Å². The van der Waals surface area contributed by atoms with Gasteiger partial charge in [-0.1, -0.05) is 59.6 Å². The fourth-order valence-corrected chi connectivity index (χ4v) is 8.01. The van der Waals surface area contributed by atoms with Crippen molar-refractivity contribution >= 4 is 35.8 Å². The molecule has 4 aromatic carbocycles. The predicted octanol–water partition coefficient (Wildman–Crippen LogP) is 10.1. The number of nitrogens with zero attached hydrogens (tertiary/aromatic N) is 4. The number of hydrogen-bond donors (Lipinski definition) is 0. The summed E-state index contributed by atoms with van der Waals surface area (Å²) in [6.07, 6.45) is 9.96. The predicted molar refractivity (Wildman–Crippen MR) is 216 cm³/mol. The first kappa shape index (κ1) is 38.2. The van der Waals surface area contributed by atoms with E-state index in [4.69, 9.17) is 42.1 Å². The molecule has 1 unspecified atom stereocenters. The molecule has 0 spiro atoms. The quantitative estimate of drug-likeness (QED) is 0.103. The van der Waals surface area contributed by atoms with Crippen LogP contribution in [0.5, 0.6) is 23.0 Å². The largest absolute Gasteiger partial charge is 0.488 e. The topological polar surface area (TPSA) is 144 Å². The molecule has 2 aliphatic carbocycles. The van der Waals surface area contributed by atoms with Gasteiger partial charge in [-0.3, -0.25) is 19.6 Å². The standard InChI is InChI=1S/C46H32Cl2N4O6/c47-39-13-31(23-53)43(55-25-29-11-27(17-49)19-51-21-29)15-45(39)57-41-9-7-35-33(3-1-5-37(35)41)34-4-2-6-38-36(34)8-10-42(38)58-46-16-44(32(24-54)14-40(46)48)56-26-30-12-28(18-50)20-52-22-30/h1-6,11-16,19-24,41-42H,7-10,25-26H2/t41-,42?/m0/s1. The second-order valence-electron chi connectivity index (χ2n) is 13.9. The maximum absolute atomic E-state index is 11.9. The number of fused-ring (bicyclic) bond motifs is 2. The summed E-state index contributed by atoms with van der Waals surface area (Å²) in [4.78, 5) is 32.0. The second kappa shape index (κ2) is 16.8. The van der Waals surface area contributed by atoms with Crippen LogP contribution in [0, 0.1) is 22.7 Å². The van der Waals surface area contributed by atoms with Gasteiger partial charge in [-0.05, 0) is 83.3 Å². The van der Waals surface area contributed by atoms with Gasteiger partial charge in [0.15, 0.2) is 12.6 Å². The van der Waals surface area contributed by atoms with Crippen molar-refractivity contribution in [2.24, 2.45) is 0 Å². The van der Waals surface area contributed by atoms with Gasteiger partial charge in [-0.2, -0.15) is 10.5 Å². The van der Waals surface area contributed by atoms with E-state index in [0.29, 0.717) is 67.9 Å². The second-order valence-corrected chi connectivity index (χ2v) is 14.7. The third-order valence-corrected chi connectivity index (χ3v) is 10.9. The number of rotatable bonds is 13. The van der Waals surface area contributed by atoms with Crippen LogP contribution in [0.1, 0.15) is 90.3 Å². The van der Waals surface area contributed by atoms with Gasteiger partial charge in [0.1, 0.15) is 60.6 Å². The molecule has 286 valence electrons. The fourth-order valence-electron chi connectivity index (χ4n) is 7.58. The Kier molecular flexibility index (Phi) is 11.0. The lowest BCUT2D eigenvalue weighted by atomic mass is 9.91. The molecule has 0 radical (unpaired) electrons. The Bertz CT molecular complexity index is 2490. The summed E-state index contributed by atoms with van der Waals surface area (Å²) in [5.41, 5.74) is 9.49. The number of halogens is 2. The molecule has 8 rings (SSSR count). The van der Waals surface area contributed by atoms with Crippen molar-refractivity contribution in [3.05, 3.63) is 163 Å². The average molecular weight is 808 g/mol. The highest BCUT2D eigenvalue weighted by molar-refractivity contribution is 6.32. The van der Waals surface area contributed by atoms with E-state index in [1.807, 2.05) is 12.1 Å². The molecule has 0 saturated heterocycles. The normalized spacial score (nSPS) is 15.0. The number of hydrogen-bond acceptors (Lipinski definition) is 10. The molecule has 0 aliphatic heterocycles. The molecule has 0 fully saturated rings. The summed E-state index contributed by atoms with van der Waals surface area (Å²) in [6.45, 7) is 0.196. The Hall–Kier alpha value is -6.72. The third-order valence-electron chi connectivity index (χ3n) is 10.3. The highest BCUT2D eigenvalue weighted by Gasteiger charge is 2.32. The molecule has 0 saturated carbocycles. The number of carbonyl (C=O) groups excluding carboxylic acids is 2. The Labute approximate surface area is 344 Å². The highest BCUT2D eigenvalue weighted by atomic mass is 35.5. The van der Waals surface area contributed by atoms with E-state index in [0.717, 1.165) is 47.9 Å². The van der Waals surface area contributed by atoms with Crippen LogP contribution in [-0.4, -0.2) is 22.5 Å². The molecule has 2 heterocycles. The van der Waals surface area contributed by atoms with Gasteiger partial charge in [0, 0.05) is 48.0 Å². The Balaban J connectivity index is 1.01. The summed E-state index contributed by atoms with van der Waals surface area (Å²) < 4.78 is 25.1. The lowest BCUT2D eigenvalue weighted by Crippen LogP contribution is -2.06. The highest BCUT2D eigenvalue weighted by Crippen LogP contribution is 2.47. The lowest BCUT2D eigenvalue weighted by molar-refractivity contribution is 0.111. The van der Waals surface area contributed by atoms with Gasteiger partial charge in [0.05, 0.1) is 32.3 Å². The first-order valence-corrected chi connectivity index (χ1v) is 19.2. The van der Waals surface area contributed by atoms with Gasteiger partial charge in [0.2, 0.25) is 0 Å². The van der Waals surface area contributed by atoms with Crippen molar-refractivity contribution in [3.63, 3.8) is 0 Å². The van der Waals surface area contributed by atoms with Crippen molar-refractivity contribution in [1.82, 2.24) is 9.97 Å². The number of nitriles is 2. The number of aldehydes is 2. The minimum atomic E-state index is -0.286. The molecule has 10 nitrogen and oxygen atoms in total. The van der Waals surface area contributed by atoms with Crippen LogP contribution in [0.15, 0.2) is 97.6 Å². The van der Waals surface area contributed by atoms with Crippen LogP contribution in [-0.2, 0) is 26.1 Å². The number of pyridine rings is 2. The van der Waals surface area contributed by atoms with Crippen LogP contribution in [0.3, 0.4) is 0 Å². The minimum Gasteiger partial charge on any atom is -0.488 e. The van der Waals surface area contributed by atoms with Gasteiger partial charge in [-0.15, -0.1) is 0 Å². The summed E-state index contributed by atoms with van der Waals surface area (Å²) in [5, 5.41) is 19.0. The van der Waals surface area contributed by atoms with Crippen molar-refractivity contribution in [2.45, 2.75) is 51.1 Å². The Morgan fingerprint density at radius 3 is 1.48 bits per heavy atom. The van der Waals surface area contributed by atoms with Crippen LogP contribution in [0.25, 0.3) is 11.1 Å². The number of aromatic nitrogens is 2. The van der Waals surface area contributed by atoms with Crippen molar-refractivity contribution in [1.29, 1.82) is 10.5 Å². The maximum atomic E-state index is 11.9. The van der Waals surface area contributed by atoms with E-state index < -0.39 is 0 Å². The zero-order valence-corrected chi connectivity index (χ0v) is 32.3. The van der Waals surface area contributed by atoms with Gasteiger partial charge in [0.25, 0.3) is 0 Å².